The lowest BCUT2D eigenvalue weighted by Crippen LogP contribution is -2.09. The Bertz CT molecular complexity index is 555. The third-order valence-electron chi connectivity index (χ3n) is 3.34. The normalized spacial score (nSPS) is 11.6. The molecule has 3 heteroatoms. The van der Waals surface area contributed by atoms with Crippen molar-refractivity contribution in [1.82, 2.24) is 9.88 Å². The van der Waals surface area contributed by atoms with Gasteiger partial charge in [-0.2, -0.15) is 0 Å². The molecule has 0 unspecified atom stereocenters. The van der Waals surface area contributed by atoms with Gasteiger partial charge in [0.15, 0.2) is 0 Å². The van der Waals surface area contributed by atoms with Crippen LogP contribution in [0.2, 0.25) is 0 Å². The number of hydrogen-bond donors (Lipinski definition) is 2. The van der Waals surface area contributed by atoms with Crippen molar-refractivity contribution >= 4 is 10.9 Å². The predicted octanol–water partition coefficient (Wildman–Crippen LogP) is 3.03. The summed E-state index contributed by atoms with van der Waals surface area (Å²) < 4.78 is 2.35. The van der Waals surface area contributed by atoms with Crippen molar-refractivity contribution in [1.29, 1.82) is 0 Å². The molecule has 2 N–H and O–H groups in total. The van der Waals surface area contributed by atoms with Gasteiger partial charge in [-0.1, -0.05) is 13.8 Å². The molecule has 0 aliphatic heterocycles. The zero-order chi connectivity index (χ0) is 13.3. The zero-order valence-corrected chi connectivity index (χ0v) is 11.6. The SMILES string of the molecule is CNCc1c(C)n(CC(C)C)c2ccc(O)cc12. The molecule has 2 rings (SSSR count). The second-order valence-electron chi connectivity index (χ2n) is 5.30. The summed E-state index contributed by atoms with van der Waals surface area (Å²) in [4.78, 5) is 0. The summed E-state index contributed by atoms with van der Waals surface area (Å²) in [5.74, 6) is 0.942. The highest BCUT2D eigenvalue weighted by atomic mass is 16.3. The predicted molar refractivity (Wildman–Crippen MR) is 75.9 cm³/mol. The number of aromatic nitrogens is 1. The minimum absolute atomic E-state index is 0.335. The highest BCUT2D eigenvalue weighted by Crippen LogP contribution is 2.29. The Kier molecular flexibility index (Phi) is 3.62. The van der Waals surface area contributed by atoms with E-state index in [1.807, 2.05) is 19.2 Å². The molecular formula is C15H22N2O. The second kappa shape index (κ2) is 5.02. The summed E-state index contributed by atoms with van der Waals surface area (Å²) in [5, 5.41) is 14.0. The topological polar surface area (TPSA) is 37.2 Å². The van der Waals surface area contributed by atoms with Crippen molar-refractivity contribution < 1.29 is 5.11 Å². The van der Waals surface area contributed by atoms with Crippen molar-refractivity contribution in [2.75, 3.05) is 7.05 Å². The number of fused-ring (bicyclic) bond motifs is 1. The fourth-order valence-corrected chi connectivity index (χ4v) is 2.54. The Morgan fingerprint density at radius 3 is 2.67 bits per heavy atom. The van der Waals surface area contributed by atoms with Crippen LogP contribution in [0.25, 0.3) is 10.9 Å². The molecule has 1 aromatic carbocycles. The molecule has 0 amide bonds. The summed E-state index contributed by atoms with van der Waals surface area (Å²) in [6.07, 6.45) is 0. The first-order valence-corrected chi connectivity index (χ1v) is 6.50. The lowest BCUT2D eigenvalue weighted by atomic mass is 10.1. The lowest BCUT2D eigenvalue weighted by molar-refractivity contribution is 0.476. The van der Waals surface area contributed by atoms with E-state index in [2.05, 4.69) is 30.7 Å². The Morgan fingerprint density at radius 1 is 1.33 bits per heavy atom. The van der Waals surface area contributed by atoms with Crippen LogP contribution in [0, 0.1) is 12.8 Å². The fraction of sp³-hybridized carbons (Fsp3) is 0.467. The van der Waals surface area contributed by atoms with Gasteiger partial charge < -0.3 is 15.0 Å². The summed E-state index contributed by atoms with van der Waals surface area (Å²) in [6.45, 7) is 8.45. The molecule has 0 atom stereocenters. The standard InChI is InChI=1S/C15H22N2O/c1-10(2)9-17-11(3)14(8-16-4)13-7-12(18)5-6-15(13)17/h5-7,10,16,18H,8-9H2,1-4H3. The highest BCUT2D eigenvalue weighted by molar-refractivity contribution is 5.86. The molecule has 0 saturated carbocycles. The van der Waals surface area contributed by atoms with Gasteiger partial charge in [-0.3, -0.25) is 0 Å². The molecular weight excluding hydrogens is 224 g/mol. The second-order valence-corrected chi connectivity index (χ2v) is 5.30. The monoisotopic (exact) mass is 246 g/mol. The molecule has 0 aliphatic rings. The number of hydrogen-bond acceptors (Lipinski definition) is 2. The van der Waals surface area contributed by atoms with Crippen LogP contribution >= 0.6 is 0 Å². The first kappa shape index (κ1) is 13.0. The molecule has 98 valence electrons. The molecule has 18 heavy (non-hydrogen) atoms. The van der Waals surface area contributed by atoms with Gasteiger partial charge in [0.1, 0.15) is 5.75 Å². The average molecular weight is 246 g/mol. The van der Waals surface area contributed by atoms with E-state index in [0.29, 0.717) is 11.7 Å². The molecule has 2 aromatic rings. The number of nitrogens with zero attached hydrogens (tertiary/aromatic N) is 1. The molecule has 0 aliphatic carbocycles. The van der Waals surface area contributed by atoms with Crippen LogP contribution in [-0.4, -0.2) is 16.7 Å². The van der Waals surface area contributed by atoms with E-state index in [1.165, 1.54) is 16.8 Å². The van der Waals surface area contributed by atoms with Crippen molar-refractivity contribution in [3.05, 3.63) is 29.5 Å². The summed E-state index contributed by atoms with van der Waals surface area (Å²) in [5.41, 5.74) is 3.78. The lowest BCUT2D eigenvalue weighted by Gasteiger charge is -2.11. The van der Waals surface area contributed by atoms with E-state index in [1.54, 1.807) is 6.07 Å². The van der Waals surface area contributed by atoms with E-state index >= 15 is 0 Å². The largest absolute Gasteiger partial charge is 0.508 e. The molecule has 1 heterocycles. The third kappa shape index (κ3) is 2.23. The van der Waals surface area contributed by atoms with Crippen molar-refractivity contribution in [3.63, 3.8) is 0 Å². The van der Waals surface area contributed by atoms with E-state index in [-0.39, 0.29) is 0 Å². The smallest absolute Gasteiger partial charge is 0.116 e. The fourth-order valence-electron chi connectivity index (χ4n) is 2.54. The van der Waals surface area contributed by atoms with Crippen LogP contribution in [0.15, 0.2) is 18.2 Å². The van der Waals surface area contributed by atoms with Gasteiger partial charge in [-0.05, 0) is 43.7 Å². The summed E-state index contributed by atoms with van der Waals surface area (Å²) in [7, 11) is 1.95. The van der Waals surface area contributed by atoms with Gasteiger partial charge in [-0.25, -0.2) is 0 Å². The molecule has 0 saturated heterocycles. The van der Waals surface area contributed by atoms with Crippen LogP contribution in [-0.2, 0) is 13.1 Å². The number of phenols is 1. The van der Waals surface area contributed by atoms with E-state index in [0.717, 1.165) is 18.5 Å². The van der Waals surface area contributed by atoms with Gasteiger partial charge in [0, 0.05) is 29.7 Å². The van der Waals surface area contributed by atoms with Gasteiger partial charge >= 0.3 is 0 Å². The Hall–Kier alpha value is -1.48. The first-order chi connectivity index (χ1) is 8.54. The van der Waals surface area contributed by atoms with Crippen molar-refractivity contribution in [2.24, 2.45) is 5.92 Å². The average Bonchev–Trinajstić information content (AvgIpc) is 2.54. The molecule has 1 aromatic heterocycles. The highest BCUT2D eigenvalue weighted by Gasteiger charge is 2.14. The first-order valence-electron chi connectivity index (χ1n) is 6.50. The van der Waals surface area contributed by atoms with Crippen molar-refractivity contribution in [3.8, 4) is 5.75 Å². The Labute approximate surface area is 108 Å². The molecule has 0 radical (unpaired) electrons. The maximum atomic E-state index is 9.68. The Balaban J connectivity index is 2.66. The number of aromatic hydroxyl groups is 1. The van der Waals surface area contributed by atoms with E-state index < -0.39 is 0 Å². The van der Waals surface area contributed by atoms with E-state index in [4.69, 9.17) is 0 Å². The van der Waals surface area contributed by atoms with E-state index in [9.17, 15) is 5.11 Å². The molecule has 0 spiro atoms. The number of phenolic OH excluding ortho intramolecular Hbond substituents is 1. The van der Waals surface area contributed by atoms with Crippen molar-refractivity contribution in [2.45, 2.75) is 33.9 Å². The number of rotatable bonds is 4. The van der Waals surface area contributed by atoms with Crippen LogP contribution in [0.5, 0.6) is 5.75 Å². The maximum absolute atomic E-state index is 9.68. The number of benzene rings is 1. The quantitative estimate of drug-likeness (QED) is 0.870. The molecule has 3 nitrogen and oxygen atoms in total. The van der Waals surface area contributed by atoms with Crippen LogP contribution in [0.4, 0.5) is 0 Å². The molecule has 0 fully saturated rings. The van der Waals surface area contributed by atoms with Gasteiger partial charge in [0.05, 0.1) is 0 Å². The van der Waals surface area contributed by atoms with Gasteiger partial charge in [0.25, 0.3) is 0 Å². The van der Waals surface area contributed by atoms with Gasteiger partial charge in [-0.15, -0.1) is 0 Å². The third-order valence-corrected chi connectivity index (χ3v) is 3.34. The van der Waals surface area contributed by atoms with Crippen LogP contribution in [0.1, 0.15) is 25.1 Å². The number of nitrogens with one attached hydrogen (secondary N) is 1. The minimum atomic E-state index is 0.335. The van der Waals surface area contributed by atoms with Crippen LogP contribution in [0.3, 0.4) is 0 Å². The summed E-state index contributed by atoms with van der Waals surface area (Å²) >= 11 is 0. The van der Waals surface area contributed by atoms with Crippen LogP contribution < -0.4 is 5.32 Å². The summed E-state index contributed by atoms with van der Waals surface area (Å²) in [6, 6.07) is 5.65. The molecule has 0 bridgehead atoms. The minimum Gasteiger partial charge on any atom is -0.508 e. The maximum Gasteiger partial charge on any atom is 0.116 e. The zero-order valence-electron chi connectivity index (χ0n) is 11.6. The Morgan fingerprint density at radius 2 is 2.06 bits per heavy atom. The van der Waals surface area contributed by atoms with Gasteiger partial charge in [0.2, 0.25) is 0 Å².